The predicted octanol–water partition coefficient (Wildman–Crippen LogP) is 1.97. The molecule has 0 aliphatic heterocycles. The molecule has 0 spiro atoms. The highest BCUT2D eigenvalue weighted by Gasteiger charge is 2.32. The molecule has 0 radical (unpaired) electrons. The van der Waals surface area contributed by atoms with E-state index >= 15 is 0 Å². The Bertz CT molecular complexity index is 219. The van der Waals surface area contributed by atoms with E-state index in [0.717, 1.165) is 24.8 Å². The van der Waals surface area contributed by atoms with Crippen molar-refractivity contribution in [1.82, 2.24) is 4.90 Å². The van der Waals surface area contributed by atoms with Crippen LogP contribution in [0.2, 0.25) is 0 Å². The van der Waals surface area contributed by atoms with Crippen LogP contribution in [-0.4, -0.2) is 29.9 Å². The number of hydrogen-bond donors (Lipinski definition) is 2. The Labute approximate surface area is 92.5 Å². The van der Waals surface area contributed by atoms with Gasteiger partial charge in [-0.05, 0) is 51.0 Å². The second-order valence-corrected chi connectivity index (χ2v) is 5.15. The van der Waals surface area contributed by atoms with Crippen LogP contribution in [0.1, 0.15) is 44.9 Å². The summed E-state index contributed by atoms with van der Waals surface area (Å²) in [5.41, 5.74) is 5.34. The Kier molecular flexibility index (Phi) is 3.62. The second kappa shape index (κ2) is 4.97. The smallest absolute Gasteiger partial charge is 0.0905 e. The monoisotopic (exact) mass is 209 g/mol. The lowest BCUT2D eigenvalue weighted by Gasteiger charge is -2.21. The molecule has 2 fully saturated rings. The fourth-order valence-corrected chi connectivity index (χ4v) is 2.13. The van der Waals surface area contributed by atoms with Gasteiger partial charge in [-0.1, -0.05) is 0 Å². The minimum atomic E-state index is 0.343. The Balaban J connectivity index is 1.58. The molecule has 3 N–H and O–H groups in total. The SMILES string of the molecule is N=C(N)CCCCN(CC1CC1)C1CC1. The van der Waals surface area contributed by atoms with Gasteiger partial charge in [-0.2, -0.15) is 0 Å². The van der Waals surface area contributed by atoms with Crippen LogP contribution in [0.5, 0.6) is 0 Å². The number of nitrogens with zero attached hydrogens (tertiary/aromatic N) is 1. The van der Waals surface area contributed by atoms with E-state index in [-0.39, 0.29) is 0 Å². The molecule has 0 saturated heterocycles. The maximum atomic E-state index is 7.16. The van der Waals surface area contributed by atoms with Gasteiger partial charge in [0.05, 0.1) is 5.84 Å². The zero-order valence-corrected chi connectivity index (χ0v) is 9.54. The second-order valence-electron chi connectivity index (χ2n) is 5.15. The van der Waals surface area contributed by atoms with Crippen LogP contribution in [-0.2, 0) is 0 Å². The van der Waals surface area contributed by atoms with Gasteiger partial charge >= 0.3 is 0 Å². The molecule has 86 valence electrons. The van der Waals surface area contributed by atoms with Crippen LogP contribution < -0.4 is 5.73 Å². The Morgan fingerprint density at radius 3 is 2.47 bits per heavy atom. The molecule has 2 aliphatic rings. The summed E-state index contributed by atoms with van der Waals surface area (Å²) in [6, 6.07) is 0.905. The number of rotatable bonds is 8. The van der Waals surface area contributed by atoms with Crippen molar-refractivity contribution in [2.24, 2.45) is 11.7 Å². The van der Waals surface area contributed by atoms with Crippen molar-refractivity contribution in [1.29, 1.82) is 5.41 Å². The van der Waals surface area contributed by atoms with Crippen LogP contribution in [0.3, 0.4) is 0 Å². The highest BCUT2D eigenvalue weighted by molar-refractivity contribution is 5.76. The quantitative estimate of drug-likeness (QED) is 0.365. The summed E-state index contributed by atoms with van der Waals surface area (Å²) in [6.45, 7) is 2.57. The average Bonchev–Trinajstić information content (AvgIpc) is 3.00. The van der Waals surface area contributed by atoms with Gasteiger partial charge in [-0.3, -0.25) is 5.41 Å². The lowest BCUT2D eigenvalue weighted by atomic mass is 10.2. The van der Waals surface area contributed by atoms with Crippen LogP contribution in [0.25, 0.3) is 0 Å². The van der Waals surface area contributed by atoms with Crippen molar-refractivity contribution < 1.29 is 0 Å². The van der Waals surface area contributed by atoms with Crippen LogP contribution in [0.15, 0.2) is 0 Å². The van der Waals surface area contributed by atoms with Crippen molar-refractivity contribution in [2.45, 2.75) is 51.0 Å². The van der Waals surface area contributed by atoms with Crippen molar-refractivity contribution >= 4 is 5.84 Å². The van der Waals surface area contributed by atoms with Crippen molar-refractivity contribution in [3.63, 3.8) is 0 Å². The van der Waals surface area contributed by atoms with Gasteiger partial charge in [0.15, 0.2) is 0 Å². The van der Waals surface area contributed by atoms with Crippen molar-refractivity contribution in [3.05, 3.63) is 0 Å². The summed E-state index contributed by atoms with van der Waals surface area (Å²) in [5, 5.41) is 7.16. The maximum absolute atomic E-state index is 7.16. The lowest BCUT2D eigenvalue weighted by Crippen LogP contribution is -2.29. The topological polar surface area (TPSA) is 53.1 Å². The molecule has 15 heavy (non-hydrogen) atoms. The molecule has 0 aromatic carbocycles. The van der Waals surface area contributed by atoms with E-state index in [9.17, 15) is 0 Å². The number of nitrogens with two attached hydrogens (primary N) is 1. The van der Waals surface area contributed by atoms with E-state index < -0.39 is 0 Å². The fraction of sp³-hybridized carbons (Fsp3) is 0.917. The molecule has 2 aliphatic carbocycles. The summed E-state index contributed by atoms with van der Waals surface area (Å²) in [4.78, 5) is 2.68. The molecule has 0 atom stereocenters. The first-order valence-corrected chi connectivity index (χ1v) is 6.32. The normalized spacial score (nSPS) is 20.9. The first kappa shape index (κ1) is 10.9. The minimum absolute atomic E-state index is 0.343. The average molecular weight is 209 g/mol. The van der Waals surface area contributed by atoms with Crippen molar-refractivity contribution in [3.8, 4) is 0 Å². The summed E-state index contributed by atoms with van der Waals surface area (Å²) in [7, 11) is 0. The fourth-order valence-electron chi connectivity index (χ4n) is 2.13. The zero-order chi connectivity index (χ0) is 10.7. The number of amidine groups is 1. The molecule has 3 nitrogen and oxygen atoms in total. The van der Waals surface area contributed by atoms with Crippen molar-refractivity contribution in [2.75, 3.05) is 13.1 Å². The minimum Gasteiger partial charge on any atom is -0.388 e. The third-order valence-electron chi connectivity index (χ3n) is 3.39. The molecular weight excluding hydrogens is 186 g/mol. The van der Waals surface area contributed by atoms with Gasteiger partial charge in [-0.25, -0.2) is 0 Å². The summed E-state index contributed by atoms with van der Waals surface area (Å²) in [5.74, 6) is 1.36. The molecule has 0 unspecified atom stereocenters. The highest BCUT2D eigenvalue weighted by atomic mass is 15.2. The van der Waals surface area contributed by atoms with Gasteiger partial charge < -0.3 is 10.6 Å². The highest BCUT2D eigenvalue weighted by Crippen LogP contribution is 2.34. The van der Waals surface area contributed by atoms with Gasteiger partial charge in [0.2, 0.25) is 0 Å². The maximum Gasteiger partial charge on any atom is 0.0905 e. The molecule has 0 heterocycles. The Morgan fingerprint density at radius 2 is 1.93 bits per heavy atom. The molecule has 0 bridgehead atoms. The van der Waals surface area contributed by atoms with E-state index in [0.29, 0.717) is 5.84 Å². The first-order valence-electron chi connectivity index (χ1n) is 6.32. The lowest BCUT2D eigenvalue weighted by molar-refractivity contribution is 0.248. The van der Waals surface area contributed by atoms with E-state index in [1.165, 1.54) is 45.2 Å². The van der Waals surface area contributed by atoms with E-state index in [4.69, 9.17) is 11.1 Å². The number of unbranched alkanes of at least 4 members (excludes halogenated alkanes) is 1. The predicted molar refractivity (Wildman–Crippen MR) is 63.1 cm³/mol. The summed E-state index contributed by atoms with van der Waals surface area (Å²) >= 11 is 0. The molecule has 0 amide bonds. The van der Waals surface area contributed by atoms with Gasteiger partial charge in [0, 0.05) is 19.0 Å². The largest absolute Gasteiger partial charge is 0.388 e. The zero-order valence-electron chi connectivity index (χ0n) is 9.54. The third kappa shape index (κ3) is 4.20. The molecule has 2 saturated carbocycles. The molecule has 0 aromatic rings. The van der Waals surface area contributed by atoms with E-state index in [2.05, 4.69) is 4.90 Å². The molecule has 0 aromatic heterocycles. The molecule has 2 rings (SSSR count). The third-order valence-corrected chi connectivity index (χ3v) is 3.39. The van der Waals surface area contributed by atoms with Crippen LogP contribution in [0.4, 0.5) is 0 Å². The van der Waals surface area contributed by atoms with Crippen LogP contribution in [0, 0.1) is 11.3 Å². The Hall–Kier alpha value is -0.570. The molecular formula is C12H23N3. The first-order chi connectivity index (χ1) is 7.25. The Morgan fingerprint density at radius 1 is 1.20 bits per heavy atom. The van der Waals surface area contributed by atoms with Gasteiger partial charge in [-0.15, -0.1) is 0 Å². The van der Waals surface area contributed by atoms with E-state index in [1.54, 1.807) is 0 Å². The van der Waals surface area contributed by atoms with E-state index in [1.807, 2.05) is 0 Å². The standard InChI is InChI=1S/C12H23N3/c13-12(14)3-1-2-8-15(11-6-7-11)9-10-4-5-10/h10-11H,1-9H2,(H3,13,14). The number of hydrogen-bond acceptors (Lipinski definition) is 2. The van der Waals surface area contributed by atoms with Gasteiger partial charge in [0.1, 0.15) is 0 Å². The van der Waals surface area contributed by atoms with Gasteiger partial charge in [0.25, 0.3) is 0 Å². The summed E-state index contributed by atoms with van der Waals surface area (Å²) in [6.07, 6.45) is 8.82. The summed E-state index contributed by atoms with van der Waals surface area (Å²) < 4.78 is 0. The number of nitrogens with one attached hydrogen (secondary N) is 1. The molecule has 3 heteroatoms. The van der Waals surface area contributed by atoms with Crippen LogP contribution >= 0.6 is 0 Å².